The van der Waals surface area contributed by atoms with Crippen LogP contribution in [-0.2, 0) is 25.6 Å². The molecule has 0 aliphatic rings. The zero-order chi connectivity index (χ0) is 39.9. The summed E-state index contributed by atoms with van der Waals surface area (Å²) < 4.78 is 1.58. The van der Waals surface area contributed by atoms with E-state index in [1.165, 1.54) is 0 Å². The lowest BCUT2D eigenvalue weighted by Gasteiger charge is -2.28. The van der Waals surface area contributed by atoms with Gasteiger partial charge in [-0.2, -0.15) is 5.10 Å². The normalized spacial score (nSPS) is 14.0. The van der Waals surface area contributed by atoms with Gasteiger partial charge in [-0.25, -0.2) is 4.68 Å². The molecule has 0 aliphatic carbocycles. The van der Waals surface area contributed by atoms with Crippen molar-refractivity contribution in [1.29, 1.82) is 0 Å². The summed E-state index contributed by atoms with van der Waals surface area (Å²) in [6.07, 6.45) is 1.15. The van der Waals surface area contributed by atoms with E-state index in [-0.39, 0.29) is 67.3 Å². The van der Waals surface area contributed by atoms with Crippen molar-refractivity contribution in [3.63, 3.8) is 0 Å². The van der Waals surface area contributed by atoms with Gasteiger partial charge in [0.05, 0.1) is 23.7 Å². The van der Waals surface area contributed by atoms with Gasteiger partial charge in [0, 0.05) is 36.0 Å². The van der Waals surface area contributed by atoms with E-state index in [9.17, 15) is 29.1 Å². The molecule has 0 radical (unpaired) electrons. The Hall–Kier alpha value is -5.04. The second kappa shape index (κ2) is 21.0. The molecule has 13 nitrogen and oxygen atoms in total. The third kappa shape index (κ3) is 13.4. The summed E-state index contributed by atoms with van der Waals surface area (Å²) in [5, 5.41) is 20.6. The number of rotatable bonds is 22. The number of carbonyl (C=O) groups excluding carboxylic acids is 4. The van der Waals surface area contributed by atoms with Crippen LogP contribution >= 0.6 is 11.6 Å². The Morgan fingerprint density at radius 3 is 2.22 bits per heavy atom. The fourth-order valence-corrected chi connectivity index (χ4v) is 6.49. The van der Waals surface area contributed by atoms with Crippen molar-refractivity contribution in [2.45, 2.75) is 91.6 Å². The smallest absolute Gasteiger partial charge is 0.307 e. The topological polar surface area (TPSA) is 212 Å². The first-order chi connectivity index (χ1) is 25.6. The molecule has 3 aromatic rings. The molecule has 292 valence electrons. The predicted octanol–water partition coefficient (Wildman–Crippen LogP) is 5.04. The van der Waals surface area contributed by atoms with E-state index < -0.39 is 41.7 Å². The van der Waals surface area contributed by atoms with Crippen LogP contribution in [0.3, 0.4) is 0 Å². The second-order valence-electron chi connectivity index (χ2n) is 14.3. The van der Waals surface area contributed by atoms with Crippen molar-refractivity contribution < 1.29 is 29.1 Å². The molecule has 0 fully saturated rings. The van der Waals surface area contributed by atoms with Crippen molar-refractivity contribution >= 4 is 46.9 Å². The summed E-state index contributed by atoms with van der Waals surface area (Å²) in [5.41, 5.74) is 13.2. The Kier molecular flexibility index (Phi) is 16.9. The number of amides is 2. The minimum absolute atomic E-state index is 0.0156. The third-order valence-corrected chi connectivity index (χ3v) is 9.60. The molecule has 0 aliphatic heterocycles. The molecule has 14 heteroatoms. The molecule has 0 bridgehead atoms. The largest absolute Gasteiger partial charge is 0.481 e. The van der Waals surface area contributed by atoms with Gasteiger partial charge in [0.2, 0.25) is 5.91 Å². The number of carboxylic acid groups (broad SMARTS) is 1. The number of carboxylic acids is 1. The molecule has 5 atom stereocenters. The first-order valence-electron chi connectivity index (χ1n) is 18.4. The molecule has 2 amide bonds. The van der Waals surface area contributed by atoms with Crippen LogP contribution in [0.1, 0.15) is 88.0 Å². The monoisotopic (exact) mass is 763 g/mol. The van der Waals surface area contributed by atoms with Gasteiger partial charge in [-0.15, -0.1) is 0 Å². The van der Waals surface area contributed by atoms with Crippen LogP contribution in [0, 0.1) is 30.6 Å². The van der Waals surface area contributed by atoms with Crippen LogP contribution < -0.4 is 22.1 Å². The number of hydrogen-bond donors (Lipinski definition) is 5. The van der Waals surface area contributed by atoms with Crippen LogP contribution in [0.15, 0.2) is 65.7 Å². The second-order valence-corrected chi connectivity index (χ2v) is 14.7. The average molecular weight is 764 g/mol. The van der Waals surface area contributed by atoms with Gasteiger partial charge >= 0.3 is 5.97 Å². The molecule has 0 spiro atoms. The van der Waals surface area contributed by atoms with E-state index >= 15 is 0 Å². The lowest BCUT2D eigenvalue weighted by atomic mass is 9.85. The highest BCUT2D eigenvalue weighted by molar-refractivity contribution is 6.30. The SMILES string of the molecule is CC[C@H](C)[C@H](NC(=O)[C@@H](CC(=O)[C@H](CCCN=C(N)N)NC(=O)c1cc(C)n(-c2cccc(Cl)c2)n1)CC(C)C)C(=O)C[C@@H](Cc1ccccc1)C(=O)O. The van der Waals surface area contributed by atoms with Gasteiger partial charge in [-0.1, -0.05) is 82.1 Å². The Morgan fingerprint density at radius 1 is 0.926 bits per heavy atom. The van der Waals surface area contributed by atoms with Crippen LogP contribution in [0.2, 0.25) is 5.02 Å². The Labute approximate surface area is 322 Å². The molecule has 54 heavy (non-hydrogen) atoms. The van der Waals surface area contributed by atoms with E-state index in [0.29, 0.717) is 35.7 Å². The van der Waals surface area contributed by atoms with Crippen LogP contribution in [-0.4, -0.2) is 68.8 Å². The van der Waals surface area contributed by atoms with E-state index in [0.717, 1.165) is 5.56 Å². The maximum absolute atomic E-state index is 14.0. The van der Waals surface area contributed by atoms with Gasteiger partial charge in [0.15, 0.2) is 23.2 Å². The van der Waals surface area contributed by atoms with Crippen molar-refractivity contribution in [3.8, 4) is 5.69 Å². The van der Waals surface area contributed by atoms with E-state index in [1.807, 2.05) is 58.0 Å². The fraction of sp³-hybridized carbons (Fsp3) is 0.475. The van der Waals surface area contributed by atoms with Crippen molar-refractivity contribution in [2.75, 3.05) is 6.54 Å². The molecule has 3 rings (SSSR count). The minimum Gasteiger partial charge on any atom is -0.481 e. The number of aromatic nitrogens is 2. The number of Topliss-reactive ketones (excluding diaryl/α,β-unsaturated/α-hetero) is 2. The Balaban J connectivity index is 1.82. The first kappa shape index (κ1) is 43.4. The molecular weight excluding hydrogens is 710 g/mol. The van der Waals surface area contributed by atoms with Crippen LogP contribution in [0.4, 0.5) is 0 Å². The molecule has 1 heterocycles. The van der Waals surface area contributed by atoms with Crippen LogP contribution in [0.25, 0.3) is 5.69 Å². The number of carbonyl (C=O) groups is 5. The lowest BCUT2D eigenvalue weighted by molar-refractivity contribution is -0.144. The maximum atomic E-state index is 14.0. The summed E-state index contributed by atoms with van der Waals surface area (Å²) in [4.78, 5) is 71.4. The van der Waals surface area contributed by atoms with Crippen molar-refractivity contribution in [2.24, 2.45) is 40.1 Å². The van der Waals surface area contributed by atoms with Gasteiger partial charge < -0.3 is 27.2 Å². The highest BCUT2D eigenvalue weighted by Gasteiger charge is 2.34. The van der Waals surface area contributed by atoms with Crippen molar-refractivity contribution in [1.82, 2.24) is 20.4 Å². The van der Waals surface area contributed by atoms with Gasteiger partial charge in [0.25, 0.3) is 5.91 Å². The summed E-state index contributed by atoms with van der Waals surface area (Å²) in [6, 6.07) is 15.8. The van der Waals surface area contributed by atoms with E-state index in [1.54, 1.807) is 41.9 Å². The van der Waals surface area contributed by atoms with E-state index in [4.69, 9.17) is 23.1 Å². The Bertz CT molecular complexity index is 1770. The highest BCUT2D eigenvalue weighted by atomic mass is 35.5. The van der Waals surface area contributed by atoms with Gasteiger partial charge in [-0.3, -0.25) is 29.0 Å². The minimum atomic E-state index is -1.09. The number of aryl methyl sites for hydroxylation is 1. The number of nitrogens with zero attached hydrogens (tertiary/aromatic N) is 3. The summed E-state index contributed by atoms with van der Waals surface area (Å²) in [7, 11) is 0. The fourth-order valence-electron chi connectivity index (χ4n) is 6.30. The molecule has 0 saturated carbocycles. The zero-order valence-electron chi connectivity index (χ0n) is 31.8. The number of hydrogen-bond acceptors (Lipinski definition) is 7. The van der Waals surface area contributed by atoms with E-state index in [2.05, 4.69) is 20.7 Å². The number of ketones is 2. The third-order valence-electron chi connectivity index (χ3n) is 9.37. The number of guanidine groups is 1. The first-order valence-corrected chi connectivity index (χ1v) is 18.8. The van der Waals surface area contributed by atoms with Gasteiger partial charge in [0.1, 0.15) is 0 Å². The number of aliphatic carboxylic acids is 1. The number of halogens is 1. The Morgan fingerprint density at radius 2 is 1.61 bits per heavy atom. The number of aliphatic imine (C=N–C) groups is 1. The number of nitrogens with one attached hydrogen (secondary N) is 2. The number of nitrogens with two attached hydrogens (primary N) is 2. The average Bonchev–Trinajstić information content (AvgIpc) is 3.52. The summed E-state index contributed by atoms with van der Waals surface area (Å²) in [6.45, 7) is 9.59. The predicted molar refractivity (Wildman–Crippen MR) is 209 cm³/mol. The molecule has 2 aromatic carbocycles. The van der Waals surface area contributed by atoms with Crippen molar-refractivity contribution in [3.05, 3.63) is 82.6 Å². The molecule has 1 aromatic heterocycles. The molecule has 7 N–H and O–H groups in total. The number of benzene rings is 2. The van der Waals surface area contributed by atoms with Gasteiger partial charge in [-0.05, 0) is 74.3 Å². The van der Waals surface area contributed by atoms with Crippen LogP contribution in [0.5, 0.6) is 0 Å². The lowest BCUT2D eigenvalue weighted by Crippen LogP contribution is -2.49. The highest BCUT2D eigenvalue weighted by Crippen LogP contribution is 2.23. The molecule has 0 unspecified atom stereocenters. The molecular formula is C40H54ClN7O6. The molecule has 0 saturated heterocycles. The quantitative estimate of drug-likeness (QED) is 0.0526. The standard InChI is InChI=1S/C40H54ClN7O6/c1-6-25(4)36(35(50)22-29(39(53)54)20-27-12-8-7-9-13-27)46-37(51)28(18-24(2)3)21-34(49)32(16-11-17-44-40(42)43)45-38(52)33-19-26(5)48(47-33)31-15-10-14-30(41)23-31/h7-10,12-15,19,23-25,28-29,32,36H,6,11,16-18,20-22H2,1-5H3,(H,45,52)(H,46,51)(H,53,54)(H4,42,43,44)/t25-,28+,29+,32-,36-/m0/s1. The summed E-state index contributed by atoms with van der Waals surface area (Å²) in [5.74, 6) is -5.07. The summed E-state index contributed by atoms with van der Waals surface area (Å²) >= 11 is 6.17. The maximum Gasteiger partial charge on any atom is 0.307 e. The zero-order valence-corrected chi connectivity index (χ0v) is 32.5.